The van der Waals surface area contributed by atoms with E-state index in [4.69, 9.17) is 14.7 Å². The van der Waals surface area contributed by atoms with E-state index in [1.165, 1.54) is 10.9 Å². The van der Waals surface area contributed by atoms with Crippen molar-refractivity contribution in [2.45, 2.75) is 61.6 Å². The Bertz CT molecular complexity index is 1880. The van der Waals surface area contributed by atoms with Crippen LogP contribution in [-0.4, -0.2) is 128 Å². The number of halogens is 3. The monoisotopic (exact) mass is 755 g/mol. The van der Waals surface area contributed by atoms with Crippen molar-refractivity contribution < 1.29 is 47.7 Å². The number of anilines is 2. The lowest BCUT2D eigenvalue weighted by atomic mass is 9.91. The number of alkyl halides is 3. The van der Waals surface area contributed by atoms with Crippen LogP contribution < -0.4 is 20.9 Å². The SMILES string of the molecule is O=C(NC1CCNC1)N(OC(=O)C(F)(F)F)[C@@H]1CCN(c2nc(NCC(c3ccccc3)c3ccccc3)c3ncn([C@@H]4O[C@H](CO)[C@@H](O)[C@@H]4O)c3n2)C1. The maximum absolute atomic E-state index is 13.3. The Kier molecular flexibility index (Phi) is 10.8. The average Bonchev–Trinajstić information content (AvgIpc) is 4.00. The summed E-state index contributed by atoms with van der Waals surface area (Å²) >= 11 is 0. The van der Waals surface area contributed by atoms with Crippen LogP contribution in [0.15, 0.2) is 67.0 Å². The van der Waals surface area contributed by atoms with Crippen LogP contribution >= 0.6 is 0 Å². The number of rotatable bonds is 10. The predicted molar refractivity (Wildman–Crippen MR) is 186 cm³/mol. The quantitative estimate of drug-likeness (QED) is 0.128. The highest BCUT2D eigenvalue weighted by atomic mass is 19.4. The molecule has 0 bridgehead atoms. The number of aromatic nitrogens is 4. The van der Waals surface area contributed by atoms with Crippen LogP contribution in [0.2, 0.25) is 0 Å². The summed E-state index contributed by atoms with van der Waals surface area (Å²) in [5.74, 6) is -2.28. The lowest BCUT2D eigenvalue weighted by Gasteiger charge is -2.28. The minimum absolute atomic E-state index is 0.0967. The molecule has 0 radical (unpaired) electrons. The van der Waals surface area contributed by atoms with Crippen molar-refractivity contribution in [3.05, 3.63) is 78.1 Å². The Labute approximate surface area is 306 Å². The van der Waals surface area contributed by atoms with Crippen LogP contribution in [0.3, 0.4) is 0 Å². The zero-order chi connectivity index (χ0) is 38.0. The van der Waals surface area contributed by atoms with Crippen molar-refractivity contribution in [2.24, 2.45) is 0 Å². The third kappa shape index (κ3) is 7.76. The summed E-state index contributed by atoms with van der Waals surface area (Å²) in [7, 11) is 0. The first-order valence-electron chi connectivity index (χ1n) is 17.6. The second-order valence-corrected chi connectivity index (χ2v) is 13.4. The van der Waals surface area contributed by atoms with E-state index >= 15 is 0 Å². The third-order valence-corrected chi connectivity index (χ3v) is 9.86. The molecule has 2 aromatic heterocycles. The highest BCUT2D eigenvalue weighted by Crippen LogP contribution is 2.35. The summed E-state index contributed by atoms with van der Waals surface area (Å²) in [5.41, 5.74) is 2.53. The van der Waals surface area contributed by atoms with Gasteiger partial charge in [-0.25, -0.2) is 14.6 Å². The second kappa shape index (κ2) is 15.7. The van der Waals surface area contributed by atoms with E-state index in [0.29, 0.717) is 31.1 Å². The van der Waals surface area contributed by atoms with E-state index in [1.807, 2.05) is 60.7 Å². The van der Waals surface area contributed by atoms with Crippen LogP contribution in [0.5, 0.6) is 0 Å². The summed E-state index contributed by atoms with van der Waals surface area (Å²) in [5, 5.41) is 40.6. The number of carbonyl (C=O) groups is 2. The fraction of sp³-hybridized carbons (Fsp3) is 0.457. The molecule has 0 spiro atoms. The van der Waals surface area contributed by atoms with Gasteiger partial charge in [0.25, 0.3) is 0 Å². The Hall–Kier alpha value is -5.08. The van der Waals surface area contributed by atoms with Gasteiger partial charge in [-0.2, -0.15) is 23.1 Å². The molecule has 3 aliphatic heterocycles. The number of hydrogen-bond donors (Lipinski definition) is 6. The van der Waals surface area contributed by atoms with Crippen molar-refractivity contribution >= 4 is 34.9 Å². The lowest BCUT2D eigenvalue weighted by Crippen LogP contribution is -2.52. The van der Waals surface area contributed by atoms with E-state index < -0.39 is 55.4 Å². The molecule has 1 unspecified atom stereocenters. The van der Waals surface area contributed by atoms with Crippen LogP contribution in [0, 0.1) is 0 Å². The van der Waals surface area contributed by atoms with Gasteiger partial charge in [0.2, 0.25) is 5.95 Å². The molecular weight excluding hydrogens is 715 g/mol. The molecule has 0 saturated carbocycles. The molecular formula is C35H40F3N9O7. The number of aliphatic hydroxyl groups excluding tert-OH is 3. The molecule has 6 N–H and O–H groups in total. The van der Waals surface area contributed by atoms with Crippen LogP contribution in [-0.2, 0) is 14.4 Å². The smallest absolute Gasteiger partial charge is 0.394 e. The number of amides is 2. The summed E-state index contributed by atoms with van der Waals surface area (Å²) < 4.78 is 47.2. The Morgan fingerprint density at radius 3 is 2.35 bits per heavy atom. The number of nitrogens with zero attached hydrogens (tertiary/aromatic N) is 6. The van der Waals surface area contributed by atoms with Gasteiger partial charge in [-0.05, 0) is 30.5 Å². The molecule has 19 heteroatoms. The molecule has 7 rings (SSSR count). The zero-order valence-electron chi connectivity index (χ0n) is 28.8. The second-order valence-electron chi connectivity index (χ2n) is 13.4. The van der Waals surface area contributed by atoms with E-state index in [9.17, 15) is 38.1 Å². The number of benzene rings is 2. The molecule has 5 heterocycles. The predicted octanol–water partition coefficient (Wildman–Crippen LogP) is 1.65. The van der Waals surface area contributed by atoms with Gasteiger partial charge in [0, 0.05) is 38.1 Å². The van der Waals surface area contributed by atoms with Crippen LogP contribution in [0.4, 0.5) is 29.7 Å². The fourth-order valence-corrected chi connectivity index (χ4v) is 7.02. The summed E-state index contributed by atoms with van der Waals surface area (Å²) in [6.45, 7) is 0.866. The molecule has 3 saturated heterocycles. The first-order valence-corrected chi connectivity index (χ1v) is 17.6. The molecule has 3 aliphatic rings. The number of urea groups is 1. The molecule has 0 aliphatic carbocycles. The Balaban J connectivity index is 1.22. The Morgan fingerprint density at radius 1 is 1.04 bits per heavy atom. The highest BCUT2D eigenvalue weighted by molar-refractivity contribution is 5.85. The maximum Gasteiger partial charge on any atom is 0.493 e. The van der Waals surface area contributed by atoms with Gasteiger partial charge < -0.3 is 45.7 Å². The molecule has 2 amide bonds. The lowest BCUT2D eigenvalue weighted by molar-refractivity contribution is -0.232. The van der Waals surface area contributed by atoms with Gasteiger partial charge >= 0.3 is 18.2 Å². The number of nitrogens with one attached hydrogen (secondary N) is 3. The van der Waals surface area contributed by atoms with E-state index in [2.05, 4.69) is 25.8 Å². The highest BCUT2D eigenvalue weighted by Gasteiger charge is 2.47. The number of aliphatic hydroxyl groups is 3. The van der Waals surface area contributed by atoms with Gasteiger partial charge in [-0.3, -0.25) is 4.57 Å². The number of hydrogen-bond acceptors (Lipinski definition) is 13. The molecule has 4 aromatic rings. The number of hydroxylamine groups is 2. The number of carbonyl (C=O) groups excluding carboxylic acids is 2. The topological polar surface area (TPSA) is 199 Å². The normalized spacial score (nSPS) is 24.3. The minimum atomic E-state index is -5.34. The summed E-state index contributed by atoms with van der Waals surface area (Å²) in [6.07, 6.45) is -8.43. The van der Waals surface area contributed by atoms with Crippen molar-refractivity contribution in [2.75, 3.05) is 49.5 Å². The molecule has 6 atom stereocenters. The third-order valence-electron chi connectivity index (χ3n) is 9.86. The van der Waals surface area contributed by atoms with Gasteiger partial charge in [0.1, 0.15) is 18.3 Å². The average molecular weight is 756 g/mol. The van der Waals surface area contributed by atoms with E-state index in [0.717, 1.165) is 11.1 Å². The number of fused-ring (bicyclic) bond motifs is 1. The van der Waals surface area contributed by atoms with Gasteiger partial charge in [-0.1, -0.05) is 60.7 Å². The molecule has 2 aromatic carbocycles. The molecule has 16 nitrogen and oxygen atoms in total. The van der Waals surface area contributed by atoms with Crippen molar-refractivity contribution in [1.82, 2.24) is 35.2 Å². The van der Waals surface area contributed by atoms with E-state index in [1.54, 1.807) is 4.90 Å². The van der Waals surface area contributed by atoms with Crippen molar-refractivity contribution in [3.8, 4) is 0 Å². The number of ether oxygens (including phenoxy) is 1. The molecule has 3 fully saturated rings. The molecule has 288 valence electrons. The van der Waals surface area contributed by atoms with Crippen LogP contribution in [0.25, 0.3) is 11.2 Å². The Morgan fingerprint density at radius 2 is 1.74 bits per heavy atom. The maximum atomic E-state index is 13.3. The first kappa shape index (κ1) is 37.2. The first-order chi connectivity index (χ1) is 26.0. The summed E-state index contributed by atoms with van der Waals surface area (Å²) in [4.78, 5) is 45.6. The van der Waals surface area contributed by atoms with E-state index in [-0.39, 0.29) is 54.4 Å². The fourth-order valence-electron chi connectivity index (χ4n) is 7.02. The van der Waals surface area contributed by atoms with Gasteiger partial charge in [-0.15, -0.1) is 5.06 Å². The van der Waals surface area contributed by atoms with Crippen molar-refractivity contribution in [1.29, 1.82) is 0 Å². The van der Waals surface area contributed by atoms with Gasteiger partial charge in [0.05, 0.1) is 19.0 Å². The van der Waals surface area contributed by atoms with Crippen molar-refractivity contribution in [3.63, 3.8) is 0 Å². The molecule has 54 heavy (non-hydrogen) atoms. The zero-order valence-corrected chi connectivity index (χ0v) is 28.8. The number of imidazole rings is 1. The van der Waals surface area contributed by atoms with Crippen LogP contribution in [0.1, 0.15) is 36.1 Å². The van der Waals surface area contributed by atoms with Gasteiger partial charge in [0.15, 0.2) is 23.2 Å². The summed E-state index contributed by atoms with van der Waals surface area (Å²) in [6, 6.07) is 17.3. The largest absolute Gasteiger partial charge is 0.493 e. The minimum Gasteiger partial charge on any atom is -0.394 e. The standard InChI is InChI=1S/C35H40F3N9O7/c36-35(37,38)32(51)54-47(34(52)42-22-11-13-39-15-22)23-12-14-45(17-23)33-43-29(40-16-24(20-7-3-1-4-8-20)21-9-5-2-6-10-21)26-30(44-33)46(19-41-26)31-28(50)27(49)25(18-48)53-31/h1-10,19,22-25,27-28,31,39,48-50H,11-18H2,(H,42,52)(H,40,43,44)/t22?,23-,25-,27-,28+,31-/m1/s1.